The fourth-order valence-electron chi connectivity index (χ4n) is 0.430. The summed E-state index contributed by atoms with van der Waals surface area (Å²) < 4.78 is 23.8. The second kappa shape index (κ2) is 5.80. The standard InChI is InChI=1S/C6H4F2.CHClO/c7-5-1-2-6(8)4-3-5;2-1-3/h1-4H;1H. The van der Waals surface area contributed by atoms with Gasteiger partial charge in [-0.25, -0.2) is 8.78 Å². The molecule has 0 aliphatic carbocycles. The highest BCUT2D eigenvalue weighted by Crippen LogP contribution is 1.98. The van der Waals surface area contributed by atoms with Crippen molar-refractivity contribution in [1.29, 1.82) is 0 Å². The molecular formula is C7H5ClF2O. The van der Waals surface area contributed by atoms with E-state index < -0.39 is 11.6 Å². The zero-order chi connectivity index (χ0) is 8.69. The first kappa shape index (κ1) is 10.0. The lowest BCUT2D eigenvalue weighted by molar-refractivity contribution is 0.569. The van der Waals surface area contributed by atoms with Crippen molar-refractivity contribution >= 4 is 17.3 Å². The van der Waals surface area contributed by atoms with Gasteiger partial charge in [-0.2, -0.15) is 0 Å². The molecule has 4 heteroatoms. The van der Waals surface area contributed by atoms with E-state index in [1.807, 2.05) is 0 Å². The second-order valence-corrected chi connectivity index (χ2v) is 1.70. The molecule has 1 aromatic rings. The van der Waals surface area contributed by atoms with Crippen LogP contribution in [-0.2, 0) is 4.79 Å². The summed E-state index contributed by atoms with van der Waals surface area (Å²) in [5.74, 6) is -0.599. The first-order valence-electron chi connectivity index (χ1n) is 2.65. The summed E-state index contributed by atoms with van der Waals surface area (Å²) in [7, 11) is 0. The molecule has 0 aliphatic rings. The van der Waals surface area contributed by atoms with E-state index in [1.54, 1.807) is 0 Å². The minimum absolute atomic E-state index is 0.222. The summed E-state index contributed by atoms with van der Waals surface area (Å²) in [6, 6.07) is 4.31. The number of carbonyl (C=O) groups is 1. The zero-order valence-corrected chi connectivity index (χ0v) is 6.18. The molecule has 0 saturated carbocycles. The highest BCUT2D eigenvalue weighted by molar-refractivity contribution is 6.54. The number of halogens is 3. The summed E-state index contributed by atoms with van der Waals surface area (Å²) in [5, 5.41) is 0. The van der Waals surface area contributed by atoms with E-state index in [9.17, 15) is 8.78 Å². The molecule has 0 spiro atoms. The third-order valence-corrected chi connectivity index (χ3v) is 0.804. The van der Waals surface area contributed by atoms with Crippen LogP contribution in [0.25, 0.3) is 0 Å². The van der Waals surface area contributed by atoms with Gasteiger partial charge in [-0.15, -0.1) is 0 Å². The van der Waals surface area contributed by atoms with Crippen LogP contribution in [0.3, 0.4) is 0 Å². The van der Waals surface area contributed by atoms with Crippen molar-refractivity contribution in [3.63, 3.8) is 0 Å². The molecule has 0 unspecified atom stereocenters. The Morgan fingerprint density at radius 1 is 1.09 bits per heavy atom. The Hall–Kier alpha value is -0.960. The van der Waals surface area contributed by atoms with Gasteiger partial charge in [0.1, 0.15) is 11.6 Å². The van der Waals surface area contributed by atoms with Gasteiger partial charge in [0.2, 0.25) is 5.75 Å². The highest BCUT2D eigenvalue weighted by atomic mass is 35.5. The minimum atomic E-state index is -0.411. The van der Waals surface area contributed by atoms with E-state index in [4.69, 9.17) is 4.79 Å². The monoisotopic (exact) mass is 178 g/mol. The third kappa shape index (κ3) is 5.48. The van der Waals surface area contributed by atoms with Crippen molar-refractivity contribution in [1.82, 2.24) is 0 Å². The maximum atomic E-state index is 11.9. The van der Waals surface area contributed by atoms with Gasteiger partial charge < -0.3 is 0 Å². The summed E-state index contributed by atoms with van der Waals surface area (Å²) in [5.41, 5.74) is 0. The molecule has 11 heavy (non-hydrogen) atoms. The van der Waals surface area contributed by atoms with Gasteiger partial charge in [0.25, 0.3) is 0 Å². The predicted molar refractivity (Wildman–Crippen MR) is 39.0 cm³/mol. The Morgan fingerprint density at radius 2 is 1.27 bits per heavy atom. The van der Waals surface area contributed by atoms with Gasteiger partial charge >= 0.3 is 0 Å². The number of benzene rings is 1. The SMILES string of the molecule is Fc1ccc(F)cc1.O=CCl. The molecule has 0 atom stereocenters. The van der Waals surface area contributed by atoms with Gasteiger partial charge in [0, 0.05) is 0 Å². The van der Waals surface area contributed by atoms with Crippen LogP contribution in [0.15, 0.2) is 24.3 Å². The van der Waals surface area contributed by atoms with Crippen LogP contribution in [0, 0.1) is 11.6 Å². The average Bonchev–Trinajstić information content (AvgIpc) is 1.97. The Bertz CT molecular complexity index is 189. The average molecular weight is 179 g/mol. The second-order valence-electron chi connectivity index (χ2n) is 1.53. The van der Waals surface area contributed by atoms with E-state index in [-0.39, 0.29) is 5.75 Å². The molecule has 1 rings (SSSR count). The largest absolute Gasteiger partial charge is 0.285 e. The summed E-state index contributed by atoms with van der Waals surface area (Å²) in [6.07, 6.45) is 0. The van der Waals surface area contributed by atoms with Crippen molar-refractivity contribution < 1.29 is 13.6 Å². The van der Waals surface area contributed by atoms with Gasteiger partial charge in [0.05, 0.1) is 0 Å². The topological polar surface area (TPSA) is 17.1 Å². The maximum absolute atomic E-state index is 11.9. The molecule has 1 aromatic carbocycles. The number of hydrogen-bond donors (Lipinski definition) is 0. The molecule has 0 aliphatic heterocycles. The van der Waals surface area contributed by atoms with E-state index in [0.29, 0.717) is 0 Å². The summed E-state index contributed by atoms with van der Waals surface area (Å²) >= 11 is 4.32. The lowest BCUT2D eigenvalue weighted by Crippen LogP contribution is -1.72. The molecule has 0 aromatic heterocycles. The Labute approximate surface area is 67.6 Å². The first-order valence-corrected chi connectivity index (χ1v) is 3.09. The van der Waals surface area contributed by atoms with Crippen LogP contribution in [-0.4, -0.2) is 5.75 Å². The number of hydrogen-bond acceptors (Lipinski definition) is 1. The van der Waals surface area contributed by atoms with Gasteiger partial charge in [-0.3, -0.25) is 4.79 Å². The molecule has 60 valence electrons. The van der Waals surface area contributed by atoms with Crippen LogP contribution in [0.2, 0.25) is 0 Å². The molecule has 0 heterocycles. The number of carbonyl (C=O) groups excluding carboxylic acids is 1. The van der Waals surface area contributed by atoms with E-state index >= 15 is 0 Å². The molecular weight excluding hydrogens is 174 g/mol. The fraction of sp³-hybridized carbons (Fsp3) is 0. The molecule has 1 nitrogen and oxygen atoms in total. The predicted octanol–water partition coefficient (Wildman–Crippen LogP) is 2.38. The third-order valence-electron chi connectivity index (χ3n) is 0.804. The van der Waals surface area contributed by atoms with Crippen molar-refractivity contribution in [3.8, 4) is 0 Å². The van der Waals surface area contributed by atoms with Crippen LogP contribution in [0.5, 0.6) is 0 Å². The lowest BCUT2D eigenvalue weighted by Gasteiger charge is -1.83. The van der Waals surface area contributed by atoms with E-state index in [2.05, 4.69) is 11.6 Å². The molecule has 0 amide bonds. The van der Waals surface area contributed by atoms with Crippen molar-refractivity contribution in [2.24, 2.45) is 0 Å². The molecule has 0 saturated heterocycles. The Kier molecular flexibility index (Phi) is 5.29. The van der Waals surface area contributed by atoms with Crippen LogP contribution in [0.1, 0.15) is 0 Å². The normalized spacial score (nSPS) is 7.91. The maximum Gasteiger partial charge on any atom is 0.208 e. The van der Waals surface area contributed by atoms with Crippen molar-refractivity contribution in [2.75, 3.05) is 0 Å². The molecule has 0 radical (unpaired) electrons. The Balaban J connectivity index is 0.000000292. The summed E-state index contributed by atoms with van der Waals surface area (Å²) in [6.45, 7) is 0. The van der Waals surface area contributed by atoms with Crippen molar-refractivity contribution in [3.05, 3.63) is 35.9 Å². The number of rotatable bonds is 0. The summed E-state index contributed by atoms with van der Waals surface area (Å²) in [4.78, 5) is 8.57. The minimum Gasteiger partial charge on any atom is -0.285 e. The lowest BCUT2D eigenvalue weighted by atomic mass is 10.3. The van der Waals surface area contributed by atoms with Crippen LogP contribution < -0.4 is 0 Å². The first-order chi connectivity index (χ1) is 5.20. The van der Waals surface area contributed by atoms with Gasteiger partial charge in [-0.05, 0) is 35.9 Å². The van der Waals surface area contributed by atoms with Gasteiger partial charge in [0.15, 0.2) is 0 Å². The van der Waals surface area contributed by atoms with E-state index in [1.165, 1.54) is 0 Å². The van der Waals surface area contributed by atoms with E-state index in [0.717, 1.165) is 24.3 Å². The Morgan fingerprint density at radius 3 is 1.45 bits per heavy atom. The van der Waals surface area contributed by atoms with Gasteiger partial charge in [-0.1, -0.05) is 0 Å². The molecule has 0 fully saturated rings. The van der Waals surface area contributed by atoms with Crippen molar-refractivity contribution in [2.45, 2.75) is 0 Å². The molecule has 0 N–H and O–H groups in total. The molecule has 0 bridgehead atoms. The van der Waals surface area contributed by atoms with Crippen LogP contribution >= 0.6 is 11.6 Å². The van der Waals surface area contributed by atoms with Crippen LogP contribution in [0.4, 0.5) is 8.78 Å². The highest BCUT2D eigenvalue weighted by Gasteiger charge is 1.86. The quantitative estimate of drug-likeness (QED) is 0.440. The smallest absolute Gasteiger partial charge is 0.208 e. The fourth-order valence-corrected chi connectivity index (χ4v) is 0.430. The zero-order valence-electron chi connectivity index (χ0n) is 5.43.